The number of nitrogens with two attached hydrogens (primary N) is 1. The molecule has 0 unspecified atom stereocenters. The lowest BCUT2D eigenvalue weighted by Crippen LogP contribution is -2.19. The molecule has 0 amide bonds. The topological polar surface area (TPSA) is 47.1 Å². The van der Waals surface area contributed by atoms with Crippen molar-refractivity contribution in [3.8, 4) is 0 Å². The van der Waals surface area contributed by atoms with Crippen molar-refractivity contribution in [2.75, 3.05) is 7.05 Å². The molecule has 2 N–H and O–H groups in total. The Kier molecular flexibility index (Phi) is 4.74. The molecule has 0 fully saturated rings. The van der Waals surface area contributed by atoms with Gasteiger partial charge in [0.25, 0.3) is 0 Å². The molecule has 0 saturated heterocycles. The Morgan fingerprint density at radius 1 is 1.37 bits per heavy atom. The lowest BCUT2D eigenvalue weighted by molar-refractivity contribution is 0.306. The van der Waals surface area contributed by atoms with Crippen molar-refractivity contribution in [3.63, 3.8) is 0 Å². The standard InChI is InChI=1S/C14H19BrN4/c1-18(10-14-17-5-6-19(14)2)9-12-4-3-11(8-16)7-13(12)15/h3-7H,8-10,16H2,1-2H3. The molecule has 0 saturated carbocycles. The van der Waals surface area contributed by atoms with E-state index in [1.54, 1.807) is 0 Å². The first kappa shape index (κ1) is 14.2. The summed E-state index contributed by atoms with van der Waals surface area (Å²) in [6, 6.07) is 6.29. The van der Waals surface area contributed by atoms with Gasteiger partial charge in [0.2, 0.25) is 0 Å². The van der Waals surface area contributed by atoms with Gasteiger partial charge in [0.15, 0.2) is 0 Å². The number of rotatable bonds is 5. The first-order valence-corrected chi connectivity index (χ1v) is 7.01. The molecule has 4 nitrogen and oxygen atoms in total. The Morgan fingerprint density at radius 2 is 2.16 bits per heavy atom. The van der Waals surface area contributed by atoms with Crippen LogP contribution in [0.3, 0.4) is 0 Å². The van der Waals surface area contributed by atoms with E-state index in [4.69, 9.17) is 5.73 Å². The van der Waals surface area contributed by atoms with Gasteiger partial charge in [-0.15, -0.1) is 0 Å². The number of imidazole rings is 1. The number of halogens is 1. The average molecular weight is 323 g/mol. The minimum absolute atomic E-state index is 0.571. The predicted molar refractivity (Wildman–Crippen MR) is 80.4 cm³/mol. The highest BCUT2D eigenvalue weighted by Gasteiger charge is 2.08. The van der Waals surface area contributed by atoms with Gasteiger partial charge in [0.05, 0.1) is 6.54 Å². The zero-order valence-electron chi connectivity index (χ0n) is 11.3. The second-order valence-corrected chi connectivity index (χ2v) is 5.61. The van der Waals surface area contributed by atoms with E-state index in [0.29, 0.717) is 6.54 Å². The van der Waals surface area contributed by atoms with Crippen molar-refractivity contribution in [1.29, 1.82) is 0 Å². The molecule has 0 aliphatic heterocycles. The highest BCUT2D eigenvalue weighted by Crippen LogP contribution is 2.20. The number of hydrogen-bond donors (Lipinski definition) is 1. The summed E-state index contributed by atoms with van der Waals surface area (Å²) in [6.07, 6.45) is 3.80. The summed E-state index contributed by atoms with van der Waals surface area (Å²) in [7, 11) is 4.11. The molecule has 1 aromatic carbocycles. The largest absolute Gasteiger partial charge is 0.337 e. The summed E-state index contributed by atoms with van der Waals surface area (Å²) >= 11 is 3.61. The normalized spacial score (nSPS) is 11.2. The van der Waals surface area contributed by atoms with Crippen LogP contribution in [0.15, 0.2) is 35.1 Å². The van der Waals surface area contributed by atoms with Crippen molar-refractivity contribution >= 4 is 15.9 Å². The van der Waals surface area contributed by atoms with Crippen LogP contribution in [0.2, 0.25) is 0 Å². The monoisotopic (exact) mass is 322 g/mol. The number of hydrogen-bond acceptors (Lipinski definition) is 3. The third-order valence-electron chi connectivity index (χ3n) is 3.13. The van der Waals surface area contributed by atoms with E-state index in [1.165, 1.54) is 5.56 Å². The molecule has 0 spiro atoms. The number of benzene rings is 1. The van der Waals surface area contributed by atoms with Crippen LogP contribution in [0.5, 0.6) is 0 Å². The first-order valence-electron chi connectivity index (χ1n) is 6.22. The fourth-order valence-electron chi connectivity index (χ4n) is 1.98. The van der Waals surface area contributed by atoms with Gasteiger partial charge in [-0.25, -0.2) is 4.98 Å². The number of nitrogens with zero attached hydrogens (tertiary/aromatic N) is 3. The van der Waals surface area contributed by atoms with E-state index < -0.39 is 0 Å². The van der Waals surface area contributed by atoms with Gasteiger partial charge in [-0.2, -0.15) is 0 Å². The molecule has 0 atom stereocenters. The highest BCUT2D eigenvalue weighted by atomic mass is 79.9. The zero-order valence-corrected chi connectivity index (χ0v) is 12.9. The van der Waals surface area contributed by atoms with Crippen LogP contribution in [0, 0.1) is 0 Å². The quantitative estimate of drug-likeness (QED) is 0.918. The maximum absolute atomic E-state index is 5.63. The summed E-state index contributed by atoms with van der Waals surface area (Å²) in [6.45, 7) is 2.27. The average Bonchev–Trinajstić information content (AvgIpc) is 2.77. The van der Waals surface area contributed by atoms with Crippen LogP contribution >= 0.6 is 15.9 Å². The third-order valence-corrected chi connectivity index (χ3v) is 3.86. The summed E-state index contributed by atoms with van der Waals surface area (Å²) in [5.74, 6) is 1.07. The molecule has 0 radical (unpaired) electrons. The maximum Gasteiger partial charge on any atom is 0.122 e. The smallest absolute Gasteiger partial charge is 0.122 e. The van der Waals surface area contributed by atoms with E-state index in [2.05, 4.69) is 51.1 Å². The van der Waals surface area contributed by atoms with Crippen LogP contribution in [-0.4, -0.2) is 21.5 Å². The van der Waals surface area contributed by atoms with Crippen molar-refractivity contribution in [3.05, 3.63) is 52.0 Å². The van der Waals surface area contributed by atoms with Crippen LogP contribution in [0.1, 0.15) is 17.0 Å². The molecule has 1 heterocycles. The van der Waals surface area contributed by atoms with E-state index in [0.717, 1.165) is 29.0 Å². The fourth-order valence-corrected chi connectivity index (χ4v) is 2.53. The van der Waals surface area contributed by atoms with Gasteiger partial charge in [-0.1, -0.05) is 28.1 Å². The molecule has 102 valence electrons. The lowest BCUT2D eigenvalue weighted by atomic mass is 10.1. The van der Waals surface area contributed by atoms with Gasteiger partial charge < -0.3 is 10.3 Å². The van der Waals surface area contributed by atoms with Crippen LogP contribution in [-0.2, 0) is 26.7 Å². The second kappa shape index (κ2) is 6.32. The molecule has 0 aliphatic rings. The van der Waals surface area contributed by atoms with Crippen LogP contribution < -0.4 is 5.73 Å². The first-order chi connectivity index (χ1) is 9.10. The summed E-state index contributed by atoms with van der Waals surface area (Å²) in [5.41, 5.74) is 8.03. The second-order valence-electron chi connectivity index (χ2n) is 4.76. The van der Waals surface area contributed by atoms with Crippen molar-refractivity contribution in [2.45, 2.75) is 19.6 Å². The van der Waals surface area contributed by atoms with Crippen LogP contribution in [0.25, 0.3) is 0 Å². The maximum atomic E-state index is 5.63. The zero-order chi connectivity index (χ0) is 13.8. The van der Waals surface area contributed by atoms with Gasteiger partial charge in [0.1, 0.15) is 5.82 Å². The highest BCUT2D eigenvalue weighted by molar-refractivity contribution is 9.10. The van der Waals surface area contributed by atoms with E-state index >= 15 is 0 Å². The minimum Gasteiger partial charge on any atom is -0.337 e. The molecule has 0 bridgehead atoms. The van der Waals surface area contributed by atoms with Crippen molar-refractivity contribution in [2.24, 2.45) is 12.8 Å². The Morgan fingerprint density at radius 3 is 2.74 bits per heavy atom. The molecule has 19 heavy (non-hydrogen) atoms. The molecule has 0 aliphatic carbocycles. The number of aromatic nitrogens is 2. The fraction of sp³-hybridized carbons (Fsp3) is 0.357. The van der Waals surface area contributed by atoms with Gasteiger partial charge in [-0.05, 0) is 24.2 Å². The predicted octanol–water partition coefficient (Wildman–Crippen LogP) is 2.27. The SMILES string of the molecule is CN(Cc1ccc(CN)cc1Br)Cc1nccn1C. The minimum atomic E-state index is 0.571. The van der Waals surface area contributed by atoms with E-state index in [1.807, 2.05) is 24.0 Å². The molecule has 2 rings (SSSR count). The summed E-state index contributed by atoms with van der Waals surface area (Å²) in [5, 5.41) is 0. The van der Waals surface area contributed by atoms with Crippen molar-refractivity contribution in [1.82, 2.24) is 14.5 Å². The van der Waals surface area contributed by atoms with E-state index in [9.17, 15) is 0 Å². The molecular formula is C14H19BrN4. The third kappa shape index (κ3) is 3.65. The Hall–Kier alpha value is -1.17. The van der Waals surface area contributed by atoms with Crippen LogP contribution in [0.4, 0.5) is 0 Å². The Bertz CT molecular complexity index is 550. The Balaban J connectivity index is 2.03. The van der Waals surface area contributed by atoms with Crippen molar-refractivity contribution < 1.29 is 0 Å². The lowest BCUT2D eigenvalue weighted by Gasteiger charge is -2.17. The van der Waals surface area contributed by atoms with Gasteiger partial charge >= 0.3 is 0 Å². The number of aryl methyl sites for hydroxylation is 1. The van der Waals surface area contributed by atoms with E-state index in [-0.39, 0.29) is 0 Å². The van der Waals surface area contributed by atoms with Gasteiger partial charge in [0, 0.05) is 37.0 Å². The summed E-state index contributed by atoms with van der Waals surface area (Å²) < 4.78 is 3.16. The molecule has 5 heteroatoms. The summed E-state index contributed by atoms with van der Waals surface area (Å²) in [4.78, 5) is 6.58. The van der Waals surface area contributed by atoms with Gasteiger partial charge in [-0.3, -0.25) is 4.90 Å². The molecule has 2 aromatic rings. The molecular weight excluding hydrogens is 304 g/mol. The molecule has 1 aromatic heterocycles. The Labute approximate surface area is 122 Å².